The Morgan fingerprint density at radius 3 is 2.00 bits per heavy atom. The van der Waals surface area contributed by atoms with E-state index in [1.165, 1.54) is 12.8 Å². The van der Waals surface area contributed by atoms with Crippen LogP contribution in [0.15, 0.2) is 0 Å². The molecule has 0 aliphatic heterocycles. The van der Waals surface area contributed by atoms with Crippen LogP contribution in [0.25, 0.3) is 0 Å². The normalized spacial score (nSPS) is 21.8. The van der Waals surface area contributed by atoms with Crippen LogP contribution in [-0.2, 0) is 9.53 Å². The molecule has 118 valence electrons. The predicted molar refractivity (Wildman–Crippen MR) is 84.6 cm³/mol. The quantitative estimate of drug-likeness (QED) is 0.635. The van der Waals surface area contributed by atoms with Crippen molar-refractivity contribution < 1.29 is 9.53 Å². The third-order valence-electron chi connectivity index (χ3n) is 5.39. The van der Waals surface area contributed by atoms with E-state index in [1.54, 1.807) is 0 Å². The summed E-state index contributed by atoms with van der Waals surface area (Å²) >= 11 is 0. The lowest BCUT2D eigenvalue weighted by atomic mass is 9.64. The Balaban J connectivity index is 2.94. The van der Waals surface area contributed by atoms with Crippen molar-refractivity contribution in [2.75, 3.05) is 0 Å². The maximum atomic E-state index is 12.9. The number of ether oxygens (including phenoxy) is 1. The highest BCUT2D eigenvalue weighted by molar-refractivity contribution is 5.78. The van der Waals surface area contributed by atoms with Crippen LogP contribution in [0.2, 0.25) is 0 Å². The number of rotatable bonds is 5. The maximum Gasteiger partial charge on any atom is 0.312 e. The fraction of sp³-hybridized carbons (Fsp3) is 0.944. The summed E-state index contributed by atoms with van der Waals surface area (Å²) in [6.07, 6.45) is 6.29. The minimum absolute atomic E-state index is 0.0162. The van der Waals surface area contributed by atoms with E-state index >= 15 is 0 Å². The first-order chi connectivity index (χ1) is 9.06. The molecule has 1 rings (SSSR count). The van der Waals surface area contributed by atoms with Gasteiger partial charge >= 0.3 is 5.97 Å². The van der Waals surface area contributed by atoms with Crippen molar-refractivity contribution in [2.45, 2.75) is 92.6 Å². The van der Waals surface area contributed by atoms with Crippen molar-refractivity contribution in [1.82, 2.24) is 0 Å². The molecule has 0 aromatic carbocycles. The second-order valence-corrected chi connectivity index (χ2v) is 8.31. The van der Waals surface area contributed by atoms with Gasteiger partial charge < -0.3 is 4.74 Å². The molecule has 1 atom stereocenters. The highest BCUT2D eigenvalue weighted by atomic mass is 16.6. The largest absolute Gasteiger partial charge is 0.459 e. The van der Waals surface area contributed by atoms with E-state index in [-0.39, 0.29) is 17.0 Å². The standard InChI is InChI=1S/C18H34O2/c1-8-18(11-9-10-12-18)20-15(19)17(7,13-14(2)3)16(4,5)6/h14H,8-13H2,1-7H3. The van der Waals surface area contributed by atoms with Gasteiger partial charge in [0.25, 0.3) is 0 Å². The van der Waals surface area contributed by atoms with Gasteiger partial charge in [0.05, 0.1) is 5.41 Å². The van der Waals surface area contributed by atoms with Crippen LogP contribution in [0.4, 0.5) is 0 Å². The molecule has 0 aromatic rings. The molecule has 1 fully saturated rings. The van der Waals surface area contributed by atoms with Gasteiger partial charge in [-0.2, -0.15) is 0 Å². The van der Waals surface area contributed by atoms with Crippen LogP contribution in [0.3, 0.4) is 0 Å². The number of carbonyl (C=O) groups excluding carboxylic acids is 1. The van der Waals surface area contributed by atoms with Crippen molar-refractivity contribution >= 4 is 5.97 Å². The lowest BCUT2D eigenvalue weighted by molar-refractivity contribution is -0.180. The molecule has 0 saturated heterocycles. The van der Waals surface area contributed by atoms with Crippen LogP contribution >= 0.6 is 0 Å². The van der Waals surface area contributed by atoms with E-state index in [9.17, 15) is 4.79 Å². The molecule has 1 saturated carbocycles. The number of esters is 1. The fourth-order valence-corrected chi connectivity index (χ4v) is 3.37. The van der Waals surface area contributed by atoms with Crippen molar-refractivity contribution in [3.8, 4) is 0 Å². The van der Waals surface area contributed by atoms with Gasteiger partial charge in [0.2, 0.25) is 0 Å². The summed E-state index contributed by atoms with van der Waals surface area (Å²) in [6.45, 7) is 15.1. The van der Waals surface area contributed by atoms with Gasteiger partial charge in [-0.3, -0.25) is 4.79 Å². The molecule has 1 aliphatic rings. The Morgan fingerprint density at radius 2 is 1.65 bits per heavy atom. The summed E-state index contributed by atoms with van der Waals surface area (Å²) in [5.74, 6) is 0.510. The van der Waals surface area contributed by atoms with Crippen LogP contribution in [0.5, 0.6) is 0 Å². The summed E-state index contributed by atoms with van der Waals surface area (Å²) < 4.78 is 6.10. The first-order valence-corrected chi connectivity index (χ1v) is 8.30. The van der Waals surface area contributed by atoms with Gasteiger partial charge in [-0.15, -0.1) is 0 Å². The fourth-order valence-electron chi connectivity index (χ4n) is 3.37. The summed E-state index contributed by atoms with van der Waals surface area (Å²) in [4.78, 5) is 12.9. The number of carbonyl (C=O) groups is 1. The molecule has 1 aliphatic carbocycles. The minimum atomic E-state index is -0.411. The lowest BCUT2D eigenvalue weighted by Crippen LogP contribution is -2.46. The monoisotopic (exact) mass is 282 g/mol. The van der Waals surface area contributed by atoms with Crippen LogP contribution in [0.1, 0.15) is 87.0 Å². The van der Waals surface area contributed by atoms with Crippen LogP contribution in [-0.4, -0.2) is 11.6 Å². The molecule has 1 unspecified atom stereocenters. The van der Waals surface area contributed by atoms with Crippen molar-refractivity contribution in [3.63, 3.8) is 0 Å². The Labute approximate surface area is 125 Å². The van der Waals surface area contributed by atoms with E-state index in [4.69, 9.17) is 4.74 Å². The molecule has 0 N–H and O–H groups in total. The molecule has 0 aromatic heterocycles. The van der Waals surface area contributed by atoms with Gasteiger partial charge in [-0.1, -0.05) is 41.5 Å². The van der Waals surface area contributed by atoms with Crippen molar-refractivity contribution in [2.24, 2.45) is 16.7 Å². The molecule has 0 heterocycles. The third-order valence-corrected chi connectivity index (χ3v) is 5.39. The first-order valence-electron chi connectivity index (χ1n) is 8.30. The molecule has 0 radical (unpaired) electrons. The van der Waals surface area contributed by atoms with Gasteiger partial charge in [0.15, 0.2) is 0 Å². The Kier molecular flexibility index (Phi) is 5.32. The molecule has 2 heteroatoms. The molecule has 0 amide bonds. The third kappa shape index (κ3) is 3.56. The molecule has 0 bridgehead atoms. The Hall–Kier alpha value is -0.530. The van der Waals surface area contributed by atoms with Gasteiger partial charge in [0.1, 0.15) is 5.60 Å². The van der Waals surface area contributed by atoms with E-state index in [1.807, 2.05) is 0 Å². The lowest BCUT2D eigenvalue weighted by Gasteiger charge is -2.43. The first kappa shape index (κ1) is 17.5. The molecular weight excluding hydrogens is 248 g/mol. The zero-order valence-corrected chi connectivity index (χ0v) is 14.6. The van der Waals surface area contributed by atoms with Gasteiger partial charge in [-0.05, 0) is 56.8 Å². The second kappa shape index (κ2) is 6.07. The van der Waals surface area contributed by atoms with Gasteiger partial charge in [-0.25, -0.2) is 0 Å². The zero-order valence-electron chi connectivity index (χ0n) is 14.6. The molecule has 2 nitrogen and oxygen atoms in total. The topological polar surface area (TPSA) is 26.3 Å². The predicted octanol–water partition coefficient (Wildman–Crippen LogP) is 5.35. The number of hydrogen-bond donors (Lipinski definition) is 0. The Bertz CT molecular complexity index is 332. The van der Waals surface area contributed by atoms with E-state index in [2.05, 4.69) is 48.5 Å². The maximum absolute atomic E-state index is 12.9. The SMILES string of the molecule is CCC1(OC(=O)C(C)(CC(C)C)C(C)(C)C)CCCC1. The van der Waals surface area contributed by atoms with E-state index < -0.39 is 5.41 Å². The van der Waals surface area contributed by atoms with Crippen molar-refractivity contribution in [1.29, 1.82) is 0 Å². The minimum Gasteiger partial charge on any atom is -0.459 e. The zero-order chi connectivity index (χ0) is 15.6. The van der Waals surface area contributed by atoms with E-state index in [0.29, 0.717) is 5.92 Å². The smallest absolute Gasteiger partial charge is 0.312 e. The number of hydrogen-bond acceptors (Lipinski definition) is 2. The highest BCUT2D eigenvalue weighted by Gasteiger charge is 2.48. The van der Waals surface area contributed by atoms with Crippen molar-refractivity contribution in [3.05, 3.63) is 0 Å². The Morgan fingerprint density at radius 1 is 1.15 bits per heavy atom. The van der Waals surface area contributed by atoms with E-state index in [0.717, 1.165) is 25.7 Å². The van der Waals surface area contributed by atoms with Gasteiger partial charge in [0, 0.05) is 0 Å². The van der Waals surface area contributed by atoms with Crippen LogP contribution < -0.4 is 0 Å². The summed E-state index contributed by atoms with van der Waals surface area (Å²) in [5, 5.41) is 0. The second-order valence-electron chi connectivity index (χ2n) is 8.31. The average molecular weight is 282 g/mol. The average Bonchev–Trinajstić information content (AvgIpc) is 2.75. The van der Waals surface area contributed by atoms with Crippen LogP contribution in [0, 0.1) is 16.7 Å². The molecule has 0 spiro atoms. The summed E-state index contributed by atoms with van der Waals surface area (Å²) in [7, 11) is 0. The molecular formula is C18H34O2. The summed E-state index contributed by atoms with van der Waals surface area (Å²) in [6, 6.07) is 0. The highest BCUT2D eigenvalue weighted by Crippen LogP contribution is 2.47. The molecule has 20 heavy (non-hydrogen) atoms. The summed E-state index contributed by atoms with van der Waals surface area (Å²) in [5.41, 5.74) is -0.672.